The lowest BCUT2D eigenvalue weighted by atomic mass is 10.1. The van der Waals surface area contributed by atoms with Gasteiger partial charge in [0.05, 0.1) is 11.3 Å². The predicted molar refractivity (Wildman–Crippen MR) is 98.4 cm³/mol. The van der Waals surface area contributed by atoms with Gasteiger partial charge in [-0.25, -0.2) is 9.78 Å². The molecule has 7 nitrogen and oxygen atoms in total. The third-order valence-corrected chi connectivity index (χ3v) is 4.32. The molecule has 0 aliphatic carbocycles. The van der Waals surface area contributed by atoms with Crippen LogP contribution in [0.3, 0.4) is 0 Å². The van der Waals surface area contributed by atoms with Gasteiger partial charge in [-0.15, -0.1) is 5.10 Å². The Kier molecular flexibility index (Phi) is 5.65. The third-order valence-electron chi connectivity index (χ3n) is 3.47. The van der Waals surface area contributed by atoms with Crippen LogP contribution in [-0.4, -0.2) is 37.9 Å². The number of anilines is 1. The maximum absolute atomic E-state index is 12.0. The number of thioether (sulfide) groups is 1. The van der Waals surface area contributed by atoms with Crippen molar-refractivity contribution in [3.8, 4) is 0 Å². The molecule has 0 radical (unpaired) electrons. The monoisotopic (exact) mass is 368 g/mol. The highest BCUT2D eigenvalue weighted by Gasteiger charge is 2.09. The Morgan fingerprint density at radius 2 is 1.81 bits per heavy atom. The topological polar surface area (TPSA) is 108 Å². The SMILES string of the molecule is O=C(CSc1n[nH]c(Cc2ccccc2)n1)Nc1ccc(C(=O)O)cc1. The molecule has 0 unspecified atom stereocenters. The van der Waals surface area contributed by atoms with Crippen molar-refractivity contribution in [2.45, 2.75) is 11.6 Å². The average molecular weight is 368 g/mol. The van der Waals surface area contributed by atoms with E-state index in [-0.39, 0.29) is 17.2 Å². The largest absolute Gasteiger partial charge is 0.478 e. The highest BCUT2D eigenvalue weighted by atomic mass is 32.2. The second-order valence-electron chi connectivity index (χ2n) is 5.45. The molecule has 26 heavy (non-hydrogen) atoms. The van der Waals surface area contributed by atoms with E-state index in [9.17, 15) is 9.59 Å². The minimum absolute atomic E-state index is 0.156. The maximum Gasteiger partial charge on any atom is 0.335 e. The van der Waals surface area contributed by atoms with Gasteiger partial charge < -0.3 is 10.4 Å². The van der Waals surface area contributed by atoms with E-state index >= 15 is 0 Å². The molecule has 3 N–H and O–H groups in total. The lowest BCUT2D eigenvalue weighted by molar-refractivity contribution is -0.113. The van der Waals surface area contributed by atoms with Gasteiger partial charge in [0.15, 0.2) is 0 Å². The Labute approximate surface area is 153 Å². The number of rotatable bonds is 7. The summed E-state index contributed by atoms with van der Waals surface area (Å²) in [4.78, 5) is 27.2. The van der Waals surface area contributed by atoms with Crippen molar-refractivity contribution in [3.63, 3.8) is 0 Å². The van der Waals surface area contributed by atoms with Gasteiger partial charge in [0, 0.05) is 12.1 Å². The number of carbonyl (C=O) groups excluding carboxylic acids is 1. The molecule has 0 atom stereocenters. The van der Waals surface area contributed by atoms with Crippen LogP contribution in [-0.2, 0) is 11.2 Å². The quantitative estimate of drug-likeness (QED) is 0.554. The number of carbonyl (C=O) groups is 2. The van der Waals surface area contributed by atoms with Crippen molar-refractivity contribution >= 4 is 29.3 Å². The number of nitrogens with one attached hydrogen (secondary N) is 2. The number of hydrogen-bond acceptors (Lipinski definition) is 5. The summed E-state index contributed by atoms with van der Waals surface area (Å²) in [6, 6.07) is 15.9. The first kappa shape index (κ1) is 17.7. The van der Waals surface area contributed by atoms with Crippen molar-refractivity contribution < 1.29 is 14.7 Å². The van der Waals surface area contributed by atoms with Crippen molar-refractivity contribution in [1.82, 2.24) is 15.2 Å². The average Bonchev–Trinajstić information content (AvgIpc) is 3.09. The summed E-state index contributed by atoms with van der Waals surface area (Å²) in [5.41, 5.74) is 1.84. The molecule has 3 rings (SSSR count). The van der Waals surface area contributed by atoms with Crippen LogP contribution in [0.2, 0.25) is 0 Å². The Morgan fingerprint density at radius 1 is 1.08 bits per heavy atom. The van der Waals surface area contributed by atoms with E-state index in [1.54, 1.807) is 12.1 Å². The van der Waals surface area contributed by atoms with Crippen LogP contribution in [0, 0.1) is 0 Å². The molecule has 2 aromatic carbocycles. The molecule has 3 aromatic rings. The van der Waals surface area contributed by atoms with E-state index in [2.05, 4.69) is 20.5 Å². The molecule has 0 bridgehead atoms. The second kappa shape index (κ2) is 8.30. The standard InChI is InChI=1S/C18H16N4O3S/c23-16(19-14-8-6-13(7-9-14)17(24)25)11-26-18-20-15(21-22-18)10-12-4-2-1-3-5-12/h1-9H,10-11H2,(H,19,23)(H,24,25)(H,20,21,22). The van der Waals surface area contributed by atoms with Gasteiger partial charge in [-0.05, 0) is 29.8 Å². The summed E-state index contributed by atoms with van der Waals surface area (Å²) in [6.07, 6.45) is 0.649. The molecule has 1 aromatic heterocycles. The fraction of sp³-hybridized carbons (Fsp3) is 0.111. The lowest BCUT2D eigenvalue weighted by Crippen LogP contribution is -2.14. The van der Waals surface area contributed by atoms with Crippen LogP contribution < -0.4 is 5.32 Å². The zero-order valence-corrected chi connectivity index (χ0v) is 14.5. The molecule has 1 amide bonds. The van der Waals surface area contributed by atoms with Crippen LogP contribution in [0.5, 0.6) is 0 Å². The number of H-pyrrole nitrogens is 1. The van der Waals surface area contributed by atoms with Gasteiger partial charge >= 0.3 is 5.97 Å². The summed E-state index contributed by atoms with van der Waals surface area (Å²) in [7, 11) is 0. The summed E-state index contributed by atoms with van der Waals surface area (Å²) >= 11 is 1.23. The number of aromatic nitrogens is 3. The van der Waals surface area contributed by atoms with Crippen molar-refractivity contribution in [2.75, 3.05) is 11.1 Å². The number of carboxylic acids is 1. The summed E-state index contributed by atoms with van der Waals surface area (Å²) in [6.45, 7) is 0. The van der Waals surface area contributed by atoms with Gasteiger partial charge in [-0.1, -0.05) is 42.1 Å². The molecular weight excluding hydrogens is 352 g/mol. The number of aromatic amines is 1. The first-order valence-electron chi connectivity index (χ1n) is 7.81. The number of hydrogen-bond donors (Lipinski definition) is 3. The minimum atomic E-state index is -1.01. The van der Waals surface area contributed by atoms with E-state index in [0.717, 1.165) is 11.4 Å². The zero-order valence-electron chi connectivity index (χ0n) is 13.7. The zero-order chi connectivity index (χ0) is 18.4. The molecule has 0 fully saturated rings. The molecule has 8 heteroatoms. The number of amides is 1. The molecule has 1 heterocycles. The van der Waals surface area contributed by atoms with Crippen LogP contribution >= 0.6 is 11.8 Å². The van der Waals surface area contributed by atoms with Gasteiger partial charge in [0.1, 0.15) is 5.82 Å². The molecule has 0 saturated heterocycles. The van der Waals surface area contributed by atoms with Crippen molar-refractivity contribution in [2.24, 2.45) is 0 Å². The Balaban J connectivity index is 1.49. The van der Waals surface area contributed by atoms with Crippen LogP contribution in [0.1, 0.15) is 21.7 Å². The number of benzene rings is 2. The maximum atomic E-state index is 12.0. The van der Waals surface area contributed by atoms with Gasteiger partial charge in [-0.3, -0.25) is 9.89 Å². The number of aromatic carboxylic acids is 1. The second-order valence-corrected chi connectivity index (χ2v) is 6.39. The number of carboxylic acid groups (broad SMARTS) is 1. The molecule has 0 aliphatic rings. The predicted octanol–water partition coefficient (Wildman–Crippen LogP) is 2.82. The van der Waals surface area contributed by atoms with E-state index in [0.29, 0.717) is 17.3 Å². The van der Waals surface area contributed by atoms with Crippen LogP contribution in [0.15, 0.2) is 59.8 Å². The van der Waals surface area contributed by atoms with Crippen LogP contribution in [0.4, 0.5) is 5.69 Å². The molecular formula is C18H16N4O3S. The fourth-order valence-corrected chi connectivity index (χ4v) is 2.85. The van der Waals surface area contributed by atoms with Crippen molar-refractivity contribution in [1.29, 1.82) is 0 Å². The highest BCUT2D eigenvalue weighted by Crippen LogP contribution is 2.15. The van der Waals surface area contributed by atoms with E-state index in [1.807, 2.05) is 30.3 Å². The fourth-order valence-electron chi connectivity index (χ4n) is 2.23. The summed E-state index contributed by atoms with van der Waals surface area (Å²) in [5, 5.41) is 19.0. The molecule has 132 valence electrons. The first-order chi connectivity index (χ1) is 12.6. The minimum Gasteiger partial charge on any atom is -0.478 e. The van der Waals surface area contributed by atoms with Crippen molar-refractivity contribution in [3.05, 3.63) is 71.5 Å². The normalized spacial score (nSPS) is 10.5. The first-order valence-corrected chi connectivity index (χ1v) is 8.80. The Bertz CT molecular complexity index is 894. The lowest BCUT2D eigenvalue weighted by Gasteiger charge is -2.04. The molecule has 0 aliphatic heterocycles. The molecule has 0 spiro atoms. The van der Waals surface area contributed by atoms with E-state index < -0.39 is 5.97 Å². The smallest absolute Gasteiger partial charge is 0.335 e. The number of nitrogens with zero attached hydrogens (tertiary/aromatic N) is 2. The third kappa shape index (κ3) is 4.93. The molecule has 0 saturated carbocycles. The summed E-state index contributed by atoms with van der Waals surface area (Å²) < 4.78 is 0. The Morgan fingerprint density at radius 3 is 2.50 bits per heavy atom. The van der Waals surface area contributed by atoms with Gasteiger partial charge in [0.2, 0.25) is 11.1 Å². The van der Waals surface area contributed by atoms with Crippen LogP contribution in [0.25, 0.3) is 0 Å². The summed E-state index contributed by atoms with van der Waals surface area (Å²) in [5.74, 6) is -0.325. The van der Waals surface area contributed by atoms with Gasteiger partial charge in [0.25, 0.3) is 0 Å². The van der Waals surface area contributed by atoms with E-state index in [1.165, 1.54) is 23.9 Å². The van der Waals surface area contributed by atoms with E-state index in [4.69, 9.17) is 5.11 Å². The highest BCUT2D eigenvalue weighted by molar-refractivity contribution is 7.99. The Hall–Kier alpha value is -3.13. The van der Waals surface area contributed by atoms with Gasteiger partial charge in [-0.2, -0.15) is 0 Å².